The van der Waals surface area contributed by atoms with Crippen molar-refractivity contribution in [3.05, 3.63) is 29.3 Å². The first-order valence-corrected chi connectivity index (χ1v) is 5.50. The van der Waals surface area contributed by atoms with E-state index in [-0.39, 0.29) is 6.03 Å². The quantitative estimate of drug-likeness (QED) is 0.678. The van der Waals surface area contributed by atoms with Gasteiger partial charge in [-0.3, -0.25) is 0 Å². The number of nitrogens with two attached hydrogens (primary N) is 1. The standard InChI is InChI=1S/C12H19N3O/c1-3-7-14-12(16)15-8-10-5-4-6-11(13)9(10)2/h4-6H,3,7-8,13H2,1-2H3,(H2,14,15,16). The van der Waals surface area contributed by atoms with E-state index < -0.39 is 0 Å². The van der Waals surface area contributed by atoms with E-state index in [0.717, 1.165) is 23.2 Å². The molecule has 0 aliphatic carbocycles. The summed E-state index contributed by atoms with van der Waals surface area (Å²) in [6, 6.07) is 5.58. The molecule has 16 heavy (non-hydrogen) atoms. The summed E-state index contributed by atoms with van der Waals surface area (Å²) in [7, 11) is 0. The molecule has 0 unspecified atom stereocenters. The molecule has 0 fully saturated rings. The Morgan fingerprint density at radius 2 is 2.12 bits per heavy atom. The number of anilines is 1. The van der Waals surface area contributed by atoms with E-state index in [1.807, 2.05) is 32.0 Å². The number of amides is 2. The molecule has 4 nitrogen and oxygen atoms in total. The Labute approximate surface area is 96.2 Å². The van der Waals surface area contributed by atoms with E-state index >= 15 is 0 Å². The number of carbonyl (C=O) groups excluding carboxylic acids is 1. The van der Waals surface area contributed by atoms with Gasteiger partial charge in [0.15, 0.2) is 0 Å². The molecule has 0 heterocycles. The average molecular weight is 221 g/mol. The molecular formula is C12H19N3O. The van der Waals surface area contributed by atoms with Crippen molar-refractivity contribution < 1.29 is 4.79 Å². The third-order valence-corrected chi connectivity index (χ3v) is 2.46. The summed E-state index contributed by atoms with van der Waals surface area (Å²) in [5, 5.41) is 5.55. The normalized spacial score (nSPS) is 9.88. The van der Waals surface area contributed by atoms with E-state index in [2.05, 4.69) is 10.6 Å². The minimum absolute atomic E-state index is 0.135. The summed E-state index contributed by atoms with van der Waals surface area (Å²) in [5.41, 5.74) is 8.61. The maximum Gasteiger partial charge on any atom is 0.315 e. The smallest absolute Gasteiger partial charge is 0.315 e. The first-order chi connectivity index (χ1) is 7.65. The van der Waals surface area contributed by atoms with E-state index in [9.17, 15) is 4.79 Å². The van der Waals surface area contributed by atoms with E-state index in [4.69, 9.17) is 5.73 Å². The van der Waals surface area contributed by atoms with Crippen LogP contribution >= 0.6 is 0 Å². The summed E-state index contributed by atoms with van der Waals surface area (Å²) < 4.78 is 0. The maximum absolute atomic E-state index is 11.3. The summed E-state index contributed by atoms with van der Waals surface area (Å²) in [6.45, 7) is 5.17. The predicted molar refractivity (Wildman–Crippen MR) is 66.1 cm³/mol. The molecule has 0 spiro atoms. The highest BCUT2D eigenvalue weighted by Gasteiger charge is 2.03. The highest BCUT2D eigenvalue weighted by molar-refractivity contribution is 5.73. The number of nitrogen functional groups attached to an aromatic ring is 1. The highest BCUT2D eigenvalue weighted by Crippen LogP contribution is 2.14. The van der Waals surface area contributed by atoms with Crippen LogP contribution in [0.5, 0.6) is 0 Å². The molecule has 0 radical (unpaired) electrons. The van der Waals surface area contributed by atoms with Gasteiger partial charge in [0.2, 0.25) is 0 Å². The first kappa shape index (κ1) is 12.4. The van der Waals surface area contributed by atoms with Gasteiger partial charge in [-0.1, -0.05) is 19.1 Å². The number of rotatable bonds is 4. The molecule has 88 valence electrons. The van der Waals surface area contributed by atoms with Gasteiger partial charge in [0, 0.05) is 18.8 Å². The molecule has 0 aromatic heterocycles. The number of nitrogens with one attached hydrogen (secondary N) is 2. The van der Waals surface area contributed by atoms with Crippen molar-refractivity contribution in [2.75, 3.05) is 12.3 Å². The number of urea groups is 1. The van der Waals surface area contributed by atoms with Crippen LogP contribution in [0.3, 0.4) is 0 Å². The topological polar surface area (TPSA) is 67.2 Å². The van der Waals surface area contributed by atoms with Gasteiger partial charge < -0.3 is 16.4 Å². The number of hydrogen-bond acceptors (Lipinski definition) is 2. The fourth-order valence-electron chi connectivity index (χ4n) is 1.37. The van der Waals surface area contributed by atoms with Gasteiger partial charge in [0.1, 0.15) is 0 Å². The Morgan fingerprint density at radius 3 is 2.81 bits per heavy atom. The van der Waals surface area contributed by atoms with Crippen molar-refractivity contribution >= 4 is 11.7 Å². The summed E-state index contributed by atoms with van der Waals surface area (Å²) in [4.78, 5) is 11.3. The SMILES string of the molecule is CCCNC(=O)NCc1cccc(N)c1C. The van der Waals surface area contributed by atoms with Crippen LogP contribution in [-0.2, 0) is 6.54 Å². The molecule has 0 bridgehead atoms. The average Bonchev–Trinajstić information content (AvgIpc) is 2.28. The van der Waals surface area contributed by atoms with E-state index in [0.29, 0.717) is 13.1 Å². The van der Waals surface area contributed by atoms with Gasteiger partial charge in [-0.2, -0.15) is 0 Å². The predicted octanol–water partition coefficient (Wildman–Crippen LogP) is 1.79. The molecule has 0 saturated heterocycles. The molecule has 1 rings (SSSR count). The van der Waals surface area contributed by atoms with Gasteiger partial charge in [0.05, 0.1) is 0 Å². The van der Waals surface area contributed by atoms with Crippen LogP contribution in [-0.4, -0.2) is 12.6 Å². The number of carbonyl (C=O) groups is 1. The Kier molecular flexibility index (Phi) is 4.64. The third-order valence-electron chi connectivity index (χ3n) is 2.46. The lowest BCUT2D eigenvalue weighted by Gasteiger charge is -2.10. The first-order valence-electron chi connectivity index (χ1n) is 5.50. The van der Waals surface area contributed by atoms with Gasteiger partial charge in [-0.25, -0.2) is 4.79 Å². The number of hydrogen-bond donors (Lipinski definition) is 3. The summed E-state index contributed by atoms with van der Waals surface area (Å²) >= 11 is 0. The minimum Gasteiger partial charge on any atom is -0.399 e. The van der Waals surface area contributed by atoms with Crippen molar-refractivity contribution in [1.29, 1.82) is 0 Å². The fraction of sp³-hybridized carbons (Fsp3) is 0.417. The lowest BCUT2D eigenvalue weighted by molar-refractivity contribution is 0.240. The Balaban J connectivity index is 2.48. The molecule has 0 aliphatic heterocycles. The second-order valence-corrected chi connectivity index (χ2v) is 3.74. The van der Waals surface area contributed by atoms with Crippen LogP contribution in [0.2, 0.25) is 0 Å². The van der Waals surface area contributed by atoms with Crippen LogP contribution in [0.1, 0.15) is 24.5 Å². The van der Waals surface area contributed by atoms with Gasteiger partial charge >= 0.3 is 6.03 Å². The minimum atomic E-state index is -0.135. The molecule has 0 saturated carbocycles. The Morgan fingerprint density at radius 1 is 1.38 bits per heavy atom. The molecule has 1 aromatic carbocycles. The van der Waals surface area contributed by atoms with Crippen molar-refractivity contribution in [3.8, 4) is 0 Å². The number of benzene rings is 1. The molecular weight excluding hydrogens is 202 g/mol. The van der Waals surface area contributed by atoms with Crippen LogP contribution in [0, 0.1) is 6.92 Å². The van der Waals surface area contributed by atoms with Crippen molar-refractivity contribution in [2.24, 2.45) is 0 Å². The van der Waals surface area contributed by atoms with Gasteiger partial charge in [-0.15, -0.1) is 0 Å². The highest BCUT2D eigenvalue weighted by atomic mass is 16.2. The molecule has 0 atom stereocenters. The molecule has 2 amide bonds. The van der Waals surface area contributed by atoms with Gasteiger partial charge in [-0.05, 0) is 30.5 Å². The molecule has 4 heteroatoms. The lowest BCUT2D eigenvalue weighted by atomic mass is 10.1. The second kappa shape index (κ2) is 6.00. The molecule has 1 aromatic rings. The fourth-order valence-corrected chi connectivity index (χ4v) is 1.37. The Hall–Kier alpha value is -1.71. The molecule has 0 aliphatic rings. The van der Waals surface area contributed by atoms with Crippen molar-refractivity contribution in [2.45, 2.75) is 26.8 Å². The maximum atomic E-state index is 11.3. The zero-order valence-corrected chi connectivity index (χ0v) is 9.84. The zero-order valence-electron chi connectivity index (χ0n) is 9.84. The van der Waals surface area contributed by atoms with Gasteiger partial charge in [0.25, 0.3) is 0 Å². The van der Waals surface area contributed by atoms with Crippen LogP contribution < -0.4 is 16.4 Å². The van der Waals surface area contributed by atoms with E-state index in [1.165, 1.54) is 0 Å². The lowest BCUT2D eigenvalue weighted by Crippen LogP contribution is -2.35. The monoisotopic (exact) mass is 221 g/mol. The summed E-state index contributed by atoms with van der Waals surface area (Å²) in [5.74, 6) is 0. The van der Waals surface area contributed by atoms with E-state index in [1.54, 1.807) is 0 Å². The molecule has 4 N–H and O–H groups in total. The largest absolute Gasteiger partial charge is 0.399 e. The van der Waals surface area contributed by atoms with Crippen LogP contribution in [0.25, 0.3) is 0 Å². The Bertz CT molecular complexity index is 363. The zero-order chi connectivity index (χ0) is 12.0. The third kappa shape index (κ3) is 3.46. The van der Waals surface area contributed by atoms with Crippen molar-refractivity contribution in [1.82, 2.24) is 10.6 Å². The van der Waals surface area contributed by atoms with Crippen LogP contribution in [0.15, 0.2) is 18.2 Å². The second-order valence-electron chi connectivity index (χ2n) is 3.74. The van der Waals surface area contributed by atoms with Crippen LogP contribution in [0.4, 0.5) is 10.5 Å². The van der Waals surface area contributed by atoms with Crippen molar-refractivity contribution in [3.63, 3.8) is 0 Å². The summed E-state index contributed by atoms with van der Waals surface area (Å²) in [6.07, 6.45) is 0.935.